The average Bonchev–Trinajstić information content (AvgIpc) is 3.06. The molecule has 22 heavy (non-hydrogen) atoms. The predicted octanol–water partition coefficient (Wildman–Crippen LogP) is 2.26. The fourth-order valence-corrected chi connectivity index (χ4v) is 3.08. The lowest BCUT2D eigenvalue weighted by atomic mass is 10.3. The molecule has 0 amide bonds. The van der Waals surface area contributed by atoms with E-state index < -0.39 is 0 Å². The van der Waals surface area contributed by atoms with Crippen LogP contribution < -0.4 is 9.47 Å². The van der Waals surface area contributed by atoms with Crippen molar-refractivity contribution >= 4 is 5.82 Å². The van der Waals surface area contributed by atoms with Crippen LogP contribution >= 0.6 is 0 Å². The first-order valence-corrected chi connectivity index (χ1v) is 7.71. The maximum atomic E-state index is 4.47. The Labute approximate surface area is 132 Å². The molecule has 2 aromatic rings. The standard InChI is InChI=1S/C17H24N5/c1-13(2)21-11-12-22(14(21)3)16-8-6-7-15(20(16)5)17-18-9-10-19(17)4/h6-14H,1-5H3/q+1. The highest BCUT2D eigenvalue weighted by Crippen LogP contribution is 2.24. The molecule has 0 N–H and O–H groups in total. The zero-order chi connectivity index (χ0) is 15.9. The molecule has 5 heteroatoms. The number of aryl methyl sites for hydroxylation is 1. The first-order valence-electron chi connectivity index (χ1n) is 7.71. The van der Waals surface area contributed by atoms with Gasteiger partial charge in [-0.2, -0.15) is 0 Å². The van der Waals surface area contributed by atoms with Gasteiger partial charge in [-0.3, -0.25) is 0 Å². The third-order valence-electron chi connectivity index (χ3n) is 4.35. The highest BCUT2D eigenvalue weighted by atomic mass is 15.4. The summed E-state index contributed by atoms with van der Waals surface area (Å²) in [6, 6.07) is 6.84. The largest absolute Gasteiger partial charge is 0.334 e. The zero-order valence-electron chi connectivity index (χ0n) is 13.9. The summed E-state index contributed by atoms with van der Waals surface area (Å²) in [5.41, 5.74) is 1.11. The van der Waals surface area contributed by atoms with Crippen LogP contribution in [-0.4, -0.2) is 26.7 Å². The first-order chi connectivity index (χ1) is 10.5. The summed E-state index contributed by atoms with van der Waals surface area (Å²) in [7, 11) is 4.12. The van der Waals surface area contributed by atoms with E-state index in [1.165, 1.54) is 0 Å². The van der Waals surface area contributed by atoms with Crippen LogP contribution in [0.25, 0.3) is 11.5 Å². The predicted molar refractivity (Wildman–Crippen MR) is 87.9 cm³/mol. The zero-order valence-corrected chi connectivity index (χ0v) is 13.9. The van der Waals surface area contributed by atoms with Gasteiger partial charge < -0.3 is 9.47 Å². The van der Waals surface area contributed by atoms with E-state index in [4.69, 9.17) is 0 Å². The lowest BCUT2D eigenvalue weighted by Gasteiger charge is -2.28. The molecular weight excluding hydrogens is 274 g/mol. The molecule has 116 valence electrons. The molecule has 3 heterocycles. The monoisotopic (exact) mass is 298 g/mol. The van der Waals surface area contributed by atoms with E-state index in [0.717, 1.165) is 17.3 Å². The molecule has 0 fully saturated rings. The summed E-state index contributed by atoms with van der Waals surface area (Å²) in [6.07, 6.45) is 8.44. The SMILES string of the molecule is CC(C)N1C=CN(c2cccc(-c3nccn3C)[n+]2C)C1C. The van der Waals surface area contributed by atoms with Gasteiger partial charge >= 0.3 is 0 Å². The third kappa shape index (κ3) is 2.26. The molecule has 0 spiro atoms. The van der Waals surface area contributed by atoms with Crippen molar-refractivity contribution < 1.29 is 4.57 Å². The Morgan fingerprint density at radius 1 is 1.23 bits per heavy atom. The van der Waals surface area contributed by atoms with E-state index in [1.54, 1.807) is 0 Å². The van der Waals surface area contributed by atoms with Gasteiger partial charge in [-0.1, -0.05) is 0 Å². The highest BCUT2D eigenvalue weighted by Gasteiger charge is 2.33. The van der Waals surface area contributed by atoms with E-state index in [1.807, 2.05) is 24.0 Å². The van der Waals surface area contributed by atoms with Gasteiger partial charge in [0.05, 0.1) is 7.05 Å². The second-order valence-electron chi connectivity index (χ2n) is 6.07. The number of hydrogen-bond donors (Lipinski definition) is 0. The van der Waals surface area contributed by atoms with Crippen LogP contribution in [-0.2, 0) is 14.1 Å². The van der Waals surface area contributed by atoms with E-state index in [-0.39, 0.29) is 0 Å². The van der Waals surface area contributed by atoms with Gasteiger partial charge in [0.2, 0.25) is 0 Å². The molecule has 0 aliphatic carbocycles. The molecule has 0 radical (unpaired) electrons. The van der Waals surface area contributed by atoms with Crippen LogP contribution in [0.5, 0.6) is 0 Å². The lowest BCUT2D eigenvalue weighted by molar-refractivity contribution is -0.648. The Kier molecular flexibility index (Phi) is 3.64. The van der Waals surface area contributed by atoms with Crippen LogP contribution in [0.2, 0.25) is 0 Å². The van der Waals surface area contributed by atoms with Crippen LogP contribution in [0.4, 0.5) is 5.82 Å². The van der Waals surface area contributed by atoms with Crippen molar-refractivity contribution in [3.05, 3.63) is 43.0 Å². The van der Waals surface area contributed by atoms with E-state index >= 15 is 0 Å². The fourth-order valence-electron chi connectivity index (χ4n) is 3.08. The Hall–Kier alpha value is -2.30. The van der Waals surface area contributed by atoms with Crippen LogP contribution in [0, 0.1) is 0 Å². The molecule has 0 bridgehead atoms. The Bertz CT molecular complexity index is 701. The van der Waals surface area contributed by atoms with Gasteiger partial charge in [-0.25, -0.2) is 14.5 Å². The van der Waals surface area contributed by atoms with Gasteiger partial charge in [0.1, 0.15) is 6.20 Å². The highest BCUT2D eigenvalue weighted by molar-refractivity contribution is 5.50. The van der Waals surface area contributed by atoms with Gasteiger partial charge in [0, 0.05) is 37.7 Å². The summed E-state index contributed by atoms with van der Waals surface area (Å²) in [5, 5.41) is 0. The summed E-state index contributed by atoms with van der Waals surface area (Å²) < 4.78 is 4.25. The maximum Gasteiger partial charge on any atom is 0.283 e. The van der Waals surface area contributed by atoms with Crippen molar-refractivity contribution in [1.29, 1.82) is 0 Å². The number of hydrogen-bond acceptors (Lipinski definition) is 3. The summed E-state index contributed by atoms with van der Waals surface area (Å²) in [6.45, 7) is 6.66. The number of pyridine rings is 1. The topological polar surface area (TPSA) is 28.2 Å². The molecule has 5 nitrogen and oxygen atoms in total. The number of aromatic nitrogens is 3. The van der Waals surface area contributed by atoms with Crippen molar-refractivity contribution in [3.8, 4) is 11.5 Å². The van der Waals surface area contributed by atoms with E-state index in [0.29, 0.717) is 12.2 Å². The van der Waals surface area contributed by atoms with Gasteiger partial charge in [-0.15, -0.1) is 0 Å². The van der Waals surface area contributed by atoms with Crippen molar-refractivity contribution in [2.24, 2.45) is 14.1 Å². The Morgan fingerprint density at radius 2 is 2.00 bits per heavy atom. The Morgan fingerprint density at radius 3 is 2.59 bits per heavy atom. The fraction of sp³-hybridized carbons (Fsp3) is 0.412. The van der Waals surface area contributed by atoms with Crippen molar-refractivity contribution in [2.45, 2.75) is 33.0 Å². The number of anilines is 1. The number of nitrogens with zero attached hydrogens (tertiary/aromatic N) is 5. The Balaban J connectivity index is 2.00. The van der Waals surface area contributed by atoms with Gasteiger partial charge in [0.15, 0.2) is 17.7 Å². The minimum absolute atomic E-state index is 0.308. The molecule has 1 aliphatic heterocycles. The molecule has 1 atom stereocenters. The molecule has 3 rings (SSSR count). The normalized spacial score (nSPS) is 17.8. The summed E-state index contributed by atoms with van der Waals surface area (Å²) >= 11 is 0. The third-order valence-corrected chi connectivity index (χ3v) is 4.35. The van der Waals surface area contributed by atoms with Gasteiger partial charge in [0.25, 0.3) is 5.82 Å². The molecular formula is C17H24N5+. The molecule has 0 saturated carbocycles. The number of imidazole rings is 1. The molecule has 1 unspecified atom stereocenters. The second kappa shape index (κ2) is 5.48. The number of rotatable bonds is 3. The van der Waals surface area contributed by atoms with Crippen molar-refractivity contribution in [2.75, 3.05) is 4.90 Å². The lowest BCUT2D eigenvalue weighted by Crippen LogP contribution is -2.46. The first kappa shape index (κ1) is 14.6. The van der Waals surface area contributed by atoms with Crippen molar-refractivity contribution in [3.63, 3.8) is 0 Å². The molecule has 0 aromatic carbocycles. The quantitative estimate of drug-likeness (QED) is 0.814. The van der Waals surface area contributed by atoms with Crippen LogP contribution in [0.1, 0.15) is 20.8 Å². The van der Waals surface area contributed by atoms with Crippen LogP contribution in [0.15, 0.2) is 43.0 Å². The molecule has 2 aromatic heterocycles. The molecule has 0 saturated heterocycles. The van der Waals surface area contributed by atoms with Crippen molar-refractivity contribution in [1.82, 2.24) is 14.5 Å². The van der Waals surface area contributed by atoms with Crippen LogP contribution in [0.3, 0.4) is 0 Å². The summed E-state index contributed by atoms with van der Waals surface area (Å²) in [5.74, 6) is 2.13. The van der Waals surface area contributed by atoms with E-state index in [2.05, 4.69) is 77.8 Å². The minimum atomic E-state index is 0.308. The summed E-state index contributed by atoms with van der Waals surface area (Å²) in [4.78, 5) is 9.12. The van der Waals surface area contributed by atoms with E-state index in [9.17, 15) is 0 Å². The average molecular weight is 298 g/mol. The molecule has 1 aliphatic rings. The smallest absolute Gasteiger partial charge is 0.283 e. The van der Waals surface area contributed by atoms with Gasteiger partial charge in [-0.05, 0) is 32.9 Å². The maximum absolute atomic E-state index is 4.47. The minimum Gasteiger partial charge on any atom is -0.334 e. The second-order valence-corrected chi connectivity index (χ2v) is 6.07.